The van der Waals surface area contributed by atoms with Gasteiger partial charge in [-0.15, -0.1) is 12.4 Å². The first-order chi connectivity index (χ1) is 11.3. The zero-order chi connectivity index (χ0) is 17.5. The SMILES string of the molecule is CC1(CN)CCN(CC(=O)N2c3ccccc3NC(=O)C2(C)C)C1.Cl. The number of nitrogens with zero attached hydrogens (tertiary/aromatic N) is 2. The summed E-state index contributed by atoms with van der Waals surface area (Å²) >= 11 is 0. The summed E-state index contributed by atoms with van der Waals surface area (Å²) in [5.41, 5.74) is 6.46. The van der Waals surface area contributed by atoms with Crippen LogP contribution in [0.5, 0.6) is 0 Å². The van der Waals surface area contributed by atoms with Crippen LogP contribution in [0.4, 0.5) is 11.4 Å². The van der Waals surface area contributed by atoms with Crippen LogP contribution >= 0.6 is 12.4 Å². The summed E-state index contributed by atoms with van der Waals surface area (Å²) in [4.78, 5) is 29.3. The maximum absolute atomic E-state index is 13.1. The average molecular weight is 367 g/mol. The lowest BCUT2D eigenvalue weighted by Gasteiger charge is -2.42. The standard InChI is InChI=1S/C18H26N4O2.ClH/c1-17(2)16(24)20-13-6-4-5-7-14(13)22(17)15(23)10-21-9-8-18(3,11-19)12-21;/h4-7H,8-12,19H2,1-3H3,(H,20,24);1H. The number of carbonyl (C=O) groups excluding carboxylic acids is 2. The zero-order valence-electron chi connectivity index (χ0n) is 15.0. The minimum atomic E-state index is -0.914. The second-order valence-electron chi connectivity index (χ2n) is 7.73. The summed E-state index contributed by atoms with van der Waals surface area (Å²) in [7, 11) is 0. The molecule has 138 valence electrons. The van der Waals surface area contributed by atoms with Crippen LogP contribution in [-0.2, 0) is 9.59 Å². The van der Waals surface area contributed by atoms with Gasteiger partial charge in [0.05, 0.1) is 17.9 Å². The van der Waals surface area contributed by atoms with Gasteiger partial charge >= 0.3 is 0 Å². The van der Waals surface area contributed by atoms with Crippen molar-refractivity contribution in [2.24, 2.45) is 11.1 Å². The third kappa shape index (κ3) is 3.52. The molecule has 0 aromatic heterocycles. The molecule has 0 aliphatic carbocycles. The van der Waals surface area contributed by atoms with Gasteiger partial charge in [-0.05, 0) is 50.9 Å². The van der Waals surface area contributed by atoms with Crippen LogP contribution in [0.25, 0.3) is 0 Å². The number of rotatable bonds is 3. The van der Waals surface area contributed by atoms with E-state index in [1.165, 1.54) is 0 Å². The Labute approximate surface area is 155 Å². The number of likely N-dealkylation sites (tertiary alicyclic amines) is 1. The highest BCUT2D eigenvalue weighted by atomic mass is 35.5. The van der Waals surface area contributed by atoms with E-state index in [4.69, 9.17) is 5.73 Å². The first-order valence-corrected chi connectivity index (χ1v) is 8.43. The van der Waals surface area contributed by atoms with Crippen molar-refractivity contribution in [2.45, 2.75) is 32.7 Å². The summed E-state index contributed by atoms with van der Waals surface area (Å²) in [6.07, 6.45) is 0.997. The van der Waals surface area contributed by atoms with Crippen molar-refractivity contribution in [2.75, 3.05) is 36.4 Å². The highest BCUT2D eigenvalue weighted by Crippen LogP contribution is 2.37. The predicted octanol–water partition coefficient (Wildman–Crippen LogP) is 1.84. The number of amides is 2. The van der Waals surface area contributed by atoms with E-state index in [1.807, 2.05) is 24.3 Å². The van der Waals surface area contributed by atoms with Crippen molar-refractivity contribution in [3.8, 4) is 0 Å². The molecule has 0 spiro atoms. The van der Waals surface area contributed by atoms with Crippen LogP contribution in [0.3, 0.4) is 0 Å². The molecule has 1 aromatic carbocycles. The van der Waals surface area contributed by atoms with Crippen molar-refractivity contribution in [1.82, 2.24) is 4.90 Å². The van der Waals surface area contributed by atoms with E-state index in [0.717, 1.165) is 25.2 Å². The summed E-state index contributed by atoms with van der Waals surface area (Å²) in [6.45, 7) is 8.33. The number of nitrogens with two attached hydrogens (primary N) is 1. The predicted molar refractivity (Wildman–Crippen MR) is 102 cm³/mol. The Morgan fingerprint density at radius 3 is 2.60 bits per heavy atom. The van der Waals surface area contributed by atoms with Crippen LogP contribution in [0.2, 0.25) is 0 Å². The van der Waals surface area contributed by atoms with E-state index in [0.29, 0.717) is 18.8 Å². The van der Waals surface area contributed by atoms with Gasteiger partial charge in [0.15, 0.2) is 0 Å². The smallest absolute Gasteiger partial charge is 0.250 e. The Balaban J connectivity index is 0.00000225. The molecule has 7 heteroatoms. The third-order valence-electron chi connectivity index (χ3n) is 5.25. The van der Waals surface area contributed by atoms with E-state index in [9.17, 15) is 9.59 Å². The normalized spacial score (nSPS) is 25.1. The minimum absolute atomic E-state index is 0. The lowest BCUT2D eigenvalue weighted by molar-refractivity contribution is -0.127. The number of hydrogen-bond acceptors (Lipinski definition) is 4. The molecule has 0 radical (unpaired) electrons. The molecular formula is C18H27ClN4O2. The van der Waals surface area contributed by atoms with Crippen molar-refractivity contribution >= 4 is 35.6 Å². The minimum Gasteiger partial charge on any atom is -0.330 e. The average Bonchev–Trinajstić information content (AvgIpc) is 2.90. The lowest BCUT2D eigenvalue weighted by Crippen LogP contribution is -2.60. The van der Waals surface area contributed by atoms with E-state index >= 15 is 0 Å². The number of nitrogens with one attached hydrogen (secondary N) is 1. The topological polar surface area (TPSA) is 78.7 Å². The van der Waals surface area contributed by atoms with Gasteiger partial charge in [0, 0.05) is 6.54 Å². The Hall–Kier alpha value is -1.63. The Morgan fingerprint density at radius 1 is 1.28 bits per heavy atom. The molecule has 2 heterocycles. The molecule has 0 bridgehead atoms. The van der Waals surface area contributed by atoms with Gasteiger partial charge < -0.3 is 11.1 Å². The van der Waals surface area contributed by atoms with E-state index in [-0.39, 0.29) is 29.6 Å². The van der Waals surface area contributed by atoms with Crippen LogP contribution in [0.15, 0.2) is 24.3 Å². The molecule has 3 rings (SSSR count). The summed E-state index contributed by atoms with van der Waals surface area (Å²) in [5.74, 6) is -0.216. The van der Waals surface area contributed by atoms with E-state index in [1.54, 1.807) is 18.7 Å². The maximum Gasteiger partial charge on any atom is 0.250 e. The number of halogens is 1. The molecular weight excluding hydrogens is 340 g/mol. The number of hydrogen-bond donors (Lipinski definition) is 2. The molecule has 1 unspecified atom stereocenters. The zero-order valence-corrected chi connectivity index (χ0v) is 15.9. The number of carbonyl (C=O) groups is 2. The molecule has 1 atom stereocenters. The van der Waals surface area contributed by atoms with Crippen LogP contribution in [-0.4, -0.2) is 48.4 Å². The molecule has 25 heavy (non-hydrogen) atoms. The van der Waals surface area contributed by atoms with E-state index in [2.05, 4.69) is 17.1 Å². The molecule has 2 aliphatic heterocycles. The van der Waals surface area contributed by atoms with E-state index < -0.39 is 5.54 Å². The third-order valence-corrected chi connectivity index (χ3v) is 5.25. The van der Waals surface area contributed by atoms with Crippen molar-refractivity contribution in [1.29, 1.82) is 0 Å². The molecule has 0 saturated carbocycles. The second kappa shape index (κ2) is 6.94. The fraction of sp³-hybridized carbons (Fsp3) is 0.556. The highest BCUT2D eigenvalue weighted by molar-refractivity contribution is 6.14. The van der Waals surface area contributed by atoms with Crippen molar-refractivity contribution in [3.63, 3.8) is 0 Å². The molecule has 2 aliphatic rings. The largest absolute Gasteiger partial charge is 0.330 e. The lowest BCUT2D eigenvalue weighted by atomic mass is 9.90. The van der Waals surface area contributed by atoms with Gasteiger partial charge in [-0.1, -0.05) is 19.1 Å². The van der Waals surface area contributed by atoms with Crippen LogP contribution < -0.4 is 16.0 Å². The Kier molecular flexibility index (Phi) is 5.47. The Bertz CT molecular complexity index is 679. The summed E-state index contributed by atoms with van der Waals surface area (Å²) < 4.78 is 0. The number of anilines is 2. The van der Waals surface area contributed by atoms with Crippen LogP contribution in [0.1, 0.15) is 27.2 Å². The van der Waals surface area contributed by atoms with Gasteiger partial charge in [-0.3, -0.25) is 19.4 Å². The Morgan fingerprint density at radius 2 is 1.96 bits per heavy atom. The highest BCUT2D eigenvalue weighted by Gasteiger charge is 2.44. The monoisotopic (exact) mass is 366 g/mol. The fourth-order valence-corrected chi connectivity index (χ4v) is 3.59. The number of fused-ring (bicyclic) bond motifs is 1. The van der Waals surface area contributed by atoms with Gasteiger partial charge in [0.2, 0.25) is 11.8 Å². The maximum atomic E-state index is 13.1. The summed E-state index contributed by atoms with van der Waals surface area (Å²) in [6, 6.07) is 7.44. The quantitative estimate of drug-likeness (QED) is 0.855. The van der Waals surface area contributed by atoms with Crippen molar-refractivity contribution in [3.05, 3.63) is 24.3 Å². The second-order valence-corrected chi connectivity index (χ2v) is 7.73. The van der Waals surface area contributed by atoms with Crippen LogP contribution in [0, 0.1) is 5.41 Å². The summed E-state index contributed by atoms with van der Waals surface area (Å²) in [5, 5.41) is 2.89. The van der Waals surface area contributed by atoms with Gasteiger partial charge in [0.1, 0.15) is 5.54 Å². The fourth-order valence-electron chi connectivity index (χ4n) is 3.59. The first kappa shape index (κ1) is 19.7. The molecule has 1 aromatic rings. The molecule has 6 nitrogen and oxygen atoms in total. The molecule has 1 saturated heterocycles. The molecule has 2 amide bonds. The van der Waals surface area contributed by atoms with Crippen molar-refractivity contribution < 1.29 is 9.59 Å². The van der Waals surface area contributed by atoms with Gasteiger partial charge in [-0.2, -0.15) is 0 Å². The molecule has 3 N–H and O–H groups in total. The molecule has 1 fully saturated rings. The number of benzene rings is 1. The van der Waals surface area contributed by atoms with Gasteiger partial charge in [-0.25, -0.2) is 0 Å². The first-order valence-electron chi connectivity index (χ1n) is 8.43. The number of para-hydroxylation sites is 2. The van der Waals surface area contributed by atoms with Gasteiger partial charge in [0.25, 0.3) is 0 Å².